The van der Waals surface area contributed by atoms with Crippen LogP contribution in [0, 0.1) is 21.7 Å². The van der Waals surface area contributed by atoms with Gasteiger partial charge in [-0.3, -0.25) is 10.1 Å². The van der Waals surface area contributed by atoms with Gasteiger partial charge in [-0.1, -0.05) is 0 Å². The van der Waals surface area contributed by atoms with Crippen LogP contribution in [0.1, 0.15) is 13.8 Å². The van der Waals surface area contributed by atoms with E-state index in [0.717, 1.165) is 12.1 Å². The zero-order valence-corrected chi connectivity index (χ0v) is 10.7. The van der Waals surface area contributed by atoms with E-state index >= 15 is 0 Å². The number of hydrogen-bond donors (Lipinski definition) is 1. The molecule has 1 aliphatic heterocycles. The van der Waals surface area contributed by atoms with E-state index in [4.69, 9.17) is 0 Å². The minimum absolute atomic E-state index is 0.194. The predicted molar refractivity (Wildman–Crippen MR) is 67.3 cm³/mol. The summed E-state index contributed by atoms with van der Waals surface area (Å²) in [5.74, 6) is -1.80. The summed E-state index contributed by atoms with van der Waals surface area (Å²) in [6, 6.07) is 1.51. The largest absolute Gasteiger partial charge is 0.364 e. The SMILES string of the molecule is CC1(C)CN(c2c(F)cc([N+](=O)[O-])cc2F)CCN1. The number of piperazine rings is 1. The Labute approximate surface area is 109 Å². The highest BCUT2D eigenvalue weighted by Crippen LogP contribution is 2.29. The van der Waals surface area contributed by atoms with Gasteiger partial charge >= 0.3 is 0 Å². The van der Waals surface area contributed by atoms with Gasteiger partial charge in [0, 0.05) is 25.2 Å². The van der Waals surface area contributed by atoms with Gasteiger partial charge in [0.25, 0.3) is 5.69 Å². The first-order chi connectivity index (χ1) is 8.80. The Morgan fingerprint density at radius 1 is 1.37 bits per heavy atom. The molecule has 0 saturated carbocycles. The number of non-ortho nitro benzene ring substituents is 1. The van der Waals surface area contributed by atoms with Crippen LogP contribution in [0.2, 0.25) is 0 Å². The van der Waals surface area contributed by atoms with E-state index < -0.39 is 22.2 Å². The molecule has 0 aliphatic carbocycles. The molecule has 19 heavy (non-hydrogen) atoms. The van der Waals surface area contributed by atoms with Crippen molar-refractivity contribution in [1.82, 2.24) is 5.32 Å². The maximum Gasteiger partial charge on any atom is 0.275 e. The van der Waals surface area contributed by atoms with Gasteiger partial charge in [-0.15, -0.1) is 0 Å². The second-order valence-corrected chi connectivity index (χ2v) is 5.25. The van der Waals surface area contributed by atoms with E-state index in [1.54, 1.807) is 4.90 Å². The van der Waals surface area contributed by atoms with Crippen LogP contribution in [-0.4, -0.2) is 30.1 Å². The van der Waals surface area contributed by atoms with E-state index in [2.05, 4.69) is 5.32 Å². The Kier molecular flexibility index (Phi) is 3.40. The smallest absolute Gasteiger partial charge is 0.275 e. The van der Waals surface area contributed by atoms with Gasteiger partial charge in [0.2, 0.25) is 0 Å². The normalized spacial score (nSPS) is 18.4. The van der Waals surface area contributed by atoms with Crippen molar-refractivity contribution in [3.63, 3.8) is 0 Å². The molecule has 2 rings (SSSR count). The van der Waals surface area contributed by atoms with Gasteiger partial charge in [-0.25, -0.2) is 8.78 Å². The van der Waals surface area contributed by atoms with Gasteiger partial charge in [0.1, 0.15) is 5.69 Å². The van der Waals surface area contributed by atoms with Gasteiger partial charge in [0.05, 0.1) is 17.1 Å². The third-order valence-electron chi connectivity index (χ3n) is 3.10. The topological polar surface area (TPSA) is 58.4 Å². The summed E-state index contributed by atoms with van der Waals surface area (Å²) in [5.41, 5.74) is -1.04. The summed E-state index contributed by atoms with van der Waals surface area (Å²) in [5, 5.41) is 13.8. The fraction of sp³-hybridized carbons (Fsp3) is 0.500. The van der Waals surface area contributed by atoms with Crippen LogP contribution in [0.15, 0.2) is 12.1 Å². The third-order valence-corrected chi connectivity index (χ3v) is 3.10. The van der Waals surface area contributed by atoms with Crippen LogP contribution in [0.5, 0.6) is 0 Å². The summed E-state index contributed by atoms with van der Waals surface area (Å²) in [6.45, 7) is 5.34. The monoisotopic (exact) mass is 271 g/mol. The number of benzene rings is 1. The van der Waals surface area contributed by atoms with Crippen molar-refractivity contribution in [2.75, 3.05) is 24.5 Å². The highest BCUT2D eigenvalue weighted by Gasteiger charge is 2.30. The molecule has 1 saturated heterocycles. The molecule has 1 aromatic carbocycles. The fourth-order valence-corrected chi connectivity index (χ4v) is 2.29. The van der Waals surface area contributed by atoms with E-state index in [0.29, 0.717) is 19.6 Å². The second kappa shape index (κ2) is 4.73. The molecule has 1 fully saturated rings. The Hall–Kier alpha value is -1.76. The molecule has 1 N–H and O–H groups in total. The lowest BCUT2D eigenvalue weighted by molar-refractivity contribution is -0.385. The molecule has 0 bridgehead atoms. The number of hydrogen-bond acceptors (Lipinski definition) is 4. The molecule has 0 amide bonds. The van der Waals surface area contributed by atoms with Crippen LogP contribution in [-0.2, 0) is 0 Å². The first kappa shape index (κ1) is 13.7. The van der Waals surface area contributed by atoms with Crippen molar-refractivity contribution >= 4 is 11.4 Å². The van der Waals surface area contributed by atoms with Crippen LogP contribution in [0.4, 0.5) is 20.2 Å². The van der Waals surface area contributed by atoms with Gasteiger partial charge < -0.3 is 10.2 Å². The summed E-state index contributed by atoms with van der Waals surface area (Å²) >= 11 is 0. The number of nitrogens with one attached hydrogen (secondary N) is 1. The number of nitro benzene ring substituents is 1. The number of halogens is 2. The van der Waals surface area contributed by atoms with Gasteiger partial charge in [-0.05, 0) is 13.8 Å². The maximum atomic E-state index is 13.9. The molecule has 104 valence electrons. The van der Waals surface area contributed by atoms with E-state index in [9.17, 15) is 18.9 Å². The Balaban J connectivity index is 2.37. The highest BCUT2D eigenvalue weighted by atomic mass is 19.1. The minimum Gasteiger partial charge on any atom is -0.364 e. The van der Waals surface area contributed by atoms with Gasteiger partial charge in [-0.2, -0.15) is 0 Å². The molecule has 0 atom stereocenters. The molecular weight excluding hydrogens is 256 g/mol. The van der Waals surface area contributed by atoms with Crippen LogP contribution in [0.3, 0.4) is 0 Å². The predicted octanol–water partition coefficient (Wildman–Crippen LogP) is 2.06. The molecule has 1 aliphatic rings. The number of anilines is 1. The van der Waals surface area contributed by atoms with Crippen molar-refractivity contribution in [3.8, 4) is 0 Å². The average Bonchev–Trinajstić information content (AvgIpc) is 2.26. The quantitative estimate of drug-likeness (QED) is 0.660. The zero-order chi connectivity index (χ0) is 14.2. The third kappa shape index (κ3) is 2.81. The van der Waals surface area contributed by atoms with E-state index in [1.165, 1.54) is 0 Å². The number of nitrogens with zero attached hydrogens (tertiary/aromatic N) is 2. The summed E-state index contributed by atoms with van der Waals surface area (Å²) in [6.07, 6.45) is 0. The van der Waals surface area contributed by atoms with Crippen LogP contribution >= 0.6 is 0 Å². The molecule has 0 spiro atoms. The van der Waals surface area contributed by atoms with Crippen LogP contribution < -0.4 is 10.2 Å². The molecule has 5 nitrogen and oxygen atoms in total. The standard InChI is InChI=1S/C12H15F2N3O2/c1-12(2)7-16(4-3-15-12)11-9(13)5-8(17(18)19)6-10(11)14/h5-6,15H,3-4,7H2,1-2H3. The summed E-state index contributed by atoms with van der Waals surface area (Å²) in [4.78, 5) is 11.3. The molecule has 0 aromatic heterocycles. The molecule has 7 heteroatoms. The highest BCUT2D eigenvalue weighted by molar-refractivity contribution is 5.54. The lowest BCUT2D eigenvalue weighted by Gasteiger charge is -2.40. The fourth-order valence-electron chi connectivity index (χ4n) is 2.29. The average molecular weight is 271 g/mol. The lowest BCUT2D eigenvalue weighted by Crippen LogP contribution is -2.57. The summed E-state index contributed by atoms with van der Waals surface area (Å²) < 4.78 is 27.8. The maximum absolute atomic E-state index is 13.9. The molecule has 1 heterocycles. The Bertz CT molecular complexity index is 497. The molecule has 0 unspecified atom stereocenters. The van der Waals surface area contributed by atoms with Crippen molar-refractivity contribution < 1.29 is 13.7 Å². The molecular formula is C12H15F2N3O2. The summed E-state index contributed by atoms with van der Waals surface area (Å²) in [7, 11) is 0. The Morgan fingerprint density at radius 3 is 2.42 bits per heavy atom. The second-order valence-electron chi connectivity index (χ2n) is 5.25. The van der Waals surface area contributed by atoms with E-state index in [1.807, 2.05) is 13.8 Å². The van der Waals surface area contributed by atoms with Gasteiger partial charge in [0.15, 0.2) is 11.6 Å². The minimum atomic E-state index is -0.899. The number of rotatable bonds is 2. The van der Waals surface area contributed by atoms with Crippen molar-refractivity contribution in [1.29, 1.82) is 0 Å². The van der Waals surface area contributed by atoms with Crippen molar-refractivity contribution in [3.05, 3.63) is 33.9 Å². The first-order valence-electron chi connectivity index (χ1n) is 5.93. The first-order valence-corrected chi connectivity index (χ1v) is 5.93. The van der Waals surface area contributed by atoms with E-state index in [-0.39, 0.29) is 11.2 Å². The zero-order valence-electron chi connectivity index (χ0n) is 10.7. The van der Waals surface area contributed by atoms with Crippen molar-refractivity contribution in [2.45, 2.75) is 19.4 Å². The van der Waals surface area contributed by atoms with Crippen molar-refractivity contribution in [2.24, 2.45) is 0 Å². The lowest BCUT2D eigenvalue weighted by atomic mass is 10.0. The molecule has 0 radical (unpaired) electrons. The Morgan fingerprint density at radius 2 is 1.95 bits per heavy atom. The van der Waals surface area contributed by atoms with Crippen LogP contribution in [0.25, 0.3) is 0 Å². The number of nitro groups is 1. The molecule has 1 aromatic rings.